The Morgan fingerprint density at radius 1 is 0.750 bits per heavy atom. The Balaban J connectivity index is 3.94. The van der Waals surface area contributed by atoms with Crippen molar-refractivity contribution in [3.63, 3.8) is 0 Å². The number of rotatable bonds is 20. The molecule has 0 aromatic carbocycles. The number of methoxy groups -OCH3 is 1. The lowest BCUT2D eigenvalue weighted by molar-refractivity contribution is 0.0131. The quantitative estimate of drug-likeness (QED) is 0.187. The van der Waals surface area contributed by atoms with Gasteiger partial charge in [0.05, 0.1) is 33.0 Å². The lowest BCUT2D eigenvalue weighted by atomic mass is 10.4. The Kier molecular flexibility index (Phi) is 17.0. The third kappa shape index (κ3) is 19.2. The molecule has 0 atom stereocenters. The summed E-state index contributed by atoms with van der Waals surface area (Å²) in [5.41, 5.74) is 0. The third-order valence-corrected chi connectivity index (χ3v) is 16.1. The molecule has 0 unspecified atom stereocenters. The topological polar surface area (TPSA) is 84.5 Å². The van der Waals surface area contributed by atoms with E-state index < -0.39 is 31.3 Å². The maximum Gasteiger partial charge on any atom is 0.407 e. The number of nitrogens with one attached hydrogen (secondary N) is 1. The number of hydrogen-bond donors (Lipinski definition) is 1. The van der Waals surface area contributed by atoms with Crippen LogP contribution in [0.3, 0.4) is 0 Å². The van der Waals surface area contributed by atoms with Gasteiger partial charge < -0.3 is 32.5 Å². The number of alkyl carbamates (subject to hydrolysis) is 1. The molecule has 1 N–H and O–H groups in total. The number of carbonyl (C=O) groups excluding carboxylic acids is 1. The highest BCUT2D eigenvalue weighted by atomic mass is 28.5. The SMILES string of the molecule is CCCC[Si](C)(C)O[Si](C)(C)O[Si](C)(C)CCCNC(=O)OCCOCCOCCOC. The van der Waals surface area contributed by atoms with Crippen LogP contribution >= 0.6 is 0 Å². The van der Waals surface area contributed by atoms with E-state index in [1.54, 1.807) is 7.11 Å². The summed E-state index contributed by atoms with van der Waals surface area (Å²) in [7, 11) is -4.08. The van der Waals surface area contributed by atoms with E-state index in [2.05, 4.69) is 51.5 Å². The predicted molar refractivity (Wildman–Crippen MR) is 137 cm³/mol. The van der Waals surface area contributed by atoms with Crippen LogP contribution in [0, 0.1) is 0 Å². The average molecular weight is 512 g/mol. The molecular weight excluding hydrogens is 462 g/mol. The number of carbonyl (C=O) groups is 1. The summed E-state index contributed by atoms with van der Waals surface area (Å²) in [5.74, 6) is 0. The Morgan fingerprint density at radius 2 is 1.25 bits per heavy atom. The maximum absolute atomic E-state index is 11.8. The second kappa shape index (κ2) is 17.2. The lowest BCUT2D eigenvalue weighted by Gasteiger charge is -2.38. The molecular formula is C21H49NO7Si3. The highest BCUT2D eigenvalue weighted by Crippen LogP contribution is 2.26. The van der Waals surface area contributed by atoms with Gasteiger partial charge in [-0.15, -0.1) is 0 Å². The molecule has 11 heteroatoms. The highest BCUT2D eigenvalue weighted by molar-refractivity contribution is 6.87. The first-order valence-corrected chi connectivity index (χ1v) is 20.9. The zero-order valence-corrected chi connectivity index (χ0v) is 24.8. The summed E-state index contributed by atoms with van der Waals surface area (Å²) in [6.45, 7) is 18.9. The lowest BCUT2D eigenvalue weighted by Crippen LogP contribution is -2.52. The van der Waals surface area contributed by atoms with Crippen LogP contribution in [0.2, 0.25) is 51.4 Å². The summed E-state index contributed by atoms with van der Waals surface area (Å²) in [4.78, 5) is 11.8. The molecule has 0 bridgehead atoms. The van der Waals surface area contributed by atoms with Gasteiger partial charge in [0.15, 0.2) is 16.6 Å². The summed E-state index contributed by atoms with van der Waals surface area (Å²) in [5, 5.41) is 2.80. The fourth-order valence-corrected chi connectivity index (χ4v) is 17.7. The van der Waals surface area contributed by atoms with E-state index in [0.717, 1.165) is 12.5 Å². The second-order valence-corrected chi connectivity index (χ2v) is 22.1. The van der Waals surface area contributed by atoms with Crippen LogP contribution in [-0.2, 0) is 27.2 Å². The molecule has 0 fully saturated rings. The number of ether oxygens (including phenoxy) is 4. The van der Waals surface area contributed by atoms with Gasteiger partial charge in [0.2, 0.25) is 0 Å². The van der Waals surface area contributed by atoms with Crippen molar-refractivity contribution in [3.05, 3.63) is 0 Å². The molecule has 192 valence electrons. The van der Waals surface area contributed by atoms with Crippen LogP contribution in [0.4, 0.5) is 4.79 Å². The molecule has 1 amide bonds. The Hall–Kier alpha value is -0.279. The smallest absolute Gasteiger partial charge is 0.407 e. The molecule has 0 aliphatic carbocycles. The predicted octanol–water partition coefficient (Wildman–Crippen LogP) is 4.73. The Bertz CT molecular complexity index is 494. The second-order valence-electron chi connectivity index (χ2n) is 9.61. The summed E-state index contributed by atoms with van der Waals surface area (Å²) in [6.07, 6.45) is 2.88. The molecule has 0 aromatic rings. The fraction of sp³-hybridized carbons (Fsp3) is 0.952. The van der Waals surface area contributed by atoms with Crippen LogP contribution in [0.1, 0.15) is 26.2 Å². The van der Waals surface area contributed by atoms with Crippen molar-refractivity contribution < 1.29 is 32.0 Å². The molecule has 0 saturated carbocycles. The molecule has 0 aliphatic heterocycles. The van der Waals surface area contributed by atoms with Crippen molar-refractivity contribution in [2.75, 3.05) is 53.3 Å². The van der Waals surface area contributed by atoms with Crippen molar-refractivity contribution in [1.29, 1.82) is 0 Å². The largest absolute Gasteiger partial charge is 0.447 e. The van der Waals surface area contributed by atoms with E-state index in [1.807, 2.05) is 0 Å². The van der Waals surface area contributed by atoms with Gasteiger partial charge in [-0.3, -0.25) is 0 Å². The molecule has 0 saturated heterocycles. The summed E-state index contributed by atoms with van der Waals surface area (Å²) in [6, 6.07) is 2.15. The van der Waals surface area contributed by atoms with E-state index in [-0.39, 0.29) is 6.61 Å². The van der Waals surface area contributed by atoms with Gasteiger partial charge in [-0.25, -0.2) is 4.79 Å². The van der Waals surface area contributed by atoms with Gasteiger partial charge >= 0.3 is 14.7 Å². The maximum atomic E-state index is 11.8. The molecule has 8 nitrogen and oxygen atoms in total. The average Bonchev–Trinajstić information content (AvgIpc) is 2.66. The zero-order valence-electron chi connectivity index (χ0n) is 21.8. The molecule has 0 spiro atoms. The normalized spacial score (nSPS) is 12.8. The minimum atomic E-state index is -2.16. The fourth-order valence-electron chi connectivity index (χ4n) is 3.47. The minimum absolute atomic E-state index is 0.224. The van der Waals surface area contributed by atoms with Gasteiger partial charge in [-0.05, 0) is 57.8 Å². The van der Waals surface area contributed by atoms with E-state index in [0.29, 0.717) is 39.6 Å². The summed E-state index contributed by atoms with van der Waals surface area (Å²) >= 11 is 0. The van der Waals surface area contributed by atoms with Crippen molar-refractivity contribution in [2.45, 2.75) is 77.6 Å². The van der Waals surface area contributed by atoms with Gasteiger partial charge in [0.25, 0.3) is 0 Å². The van der Waals surface area contributed by atoms with Crippen LogP contribution in [0.5, 0.6) is 0 Å². The van der Waals surface area contributed by atoms with Crippen molar-refractivity contribution in [1.82, 2.24) is 5.32 Å². The van der Waals surface area contributed by atoms with E-state index in [1.165, 1.54) is 18.9 Å². The standard InChI is InChI=1S/C21H49NO7Si3/c1-9-10-19-30(3,4)28-32(7,8)29-31(5,6)20-11-12-22-21(23)27-18-17-26-16-15-25-14-13-24-2/h9-20H2,1-8H3,(H,22,23). The van der Waals surface area contributed by atoms with Crippen LogP contribution < -0.4 is 5.32 Å². The van der Waals surface area contributed by atoms with Gasteiger partial charge in [-0.2, -0.15) is 0 Å². The van der Waals surface area contributed by atoms with Gasteiger partial charge in [0.1, 0.15) is 6.61 Å². The van der Waals surface area contributed by atoms with Gasteiger partial charge in [0, 0.05) is 13.7 Å². The van der Waals surface area contributed by atoms with Crippen molar-refractivity contribution >= 4 is 31.3 Å². The molecule has 0 aromatic heterocycles. The molecule has 0 rings (SSSR count). The van der Waals surface area contributed by atoms with Crippen LogP contribution in [0.15, 0.2) is 0 Å². The zero-order chi connectivity index (χ0) is 24.5. The van der Waals surface area contributed by atoms with Crippen LogP contribution in [-0.4, -0.2) is 84.6 Å². The van der Waals surface area contributed by atoms with Crippen LogP contribution in [0.25, 0.3) is 0 Å². The Labute approximate surface area is 199 Å². The monoisotopic (exact) mass is 511 g/mol. The highest BCUT2D eigenvalue weighted by Gasteiger charge is 2.39. The first-order chi connectivity index (χ1) is 14.9. The number of hydrogen-bond acceptors (Lipinski definition) is 7. The van der Waals surface area contributed by atoms with Crippen molar-refractivity contribution in [3.8, 4) is 0 Å². The van der Waals surface area contributed by atoms with E-state index >= 15 is 0 Å². The number of amides is 1. The molecule has 0 heterocycles. The van der Waals surface area contributed by atoms with E-state index in [4.69, 9.17) is 27.2 Å². The van der Waals surface area contributed by atoms with Gasteiger partial charge in [-0.1, -0.05) is 19.8 Å². The third-order valence-electron chi connectivity index (χ3n) is 4.67. The first kappa shape index (κ1) is 31.7. The van der Waals surface area contributed by atoms with E-state index in [9.17, 15) is 4.79 Å². The summed E-state index contributed by atoms with van der Waals surface area (Å²) < 4.78 is 33.8. The molecule has 0 radical (unpaired) electrons. The molecule has 32 heavy (non-hydrogen) atoms. The Morgan fingerprint density at radius 3 is 1.78 bits per heavy atom. The number of unbranched alkanes of at least 4 members (excludes halogenated alkanes) is 1. The first-order valence-electron chi connectivity index (χ1n) is 11.9. The minimum Gasteiger partial charge on any atom is -0.447 e. The van der Waals surface area contributed by atoms with Crippen molar-refractivity contribution in [2.24, 2.45) is 0 Å². The molecule has 0 aliphatic rings.